The second-order valence-corrected chi connectivity index (χ2v) is 7.21. The van der Waals surface area contributed by atoms with Crippen LogP contribution in [0.1, 0.15) is 46.2 Å². The minimum Gasteiger partial charge on any atom is -0.329 e. The van der Waals surface area contributed by atoms with Crippen LogP contribution < -0.4 is 5.32 Å². The number of amides is 1. The molecular weight excluding hydrogens is 323 g/mol. The quantitative estimate of drug-likeness (QED) is 0.909. The van der Waals surface area contributed by atoms with Crippen molar-refractivity contribution in [3.8, 4) is 0 Å². The van der Waals surface area contributed by atoms with Crippen molar-refractivity contribution in [1.29, 1.82) is 0 Å². The Kier molecular flexibility index (Phi) is 5.22. The SMILES string of the molecule is CC(=O)N1CC(NCc2cn(C(C)(C)C)nn2)CCC1C(F)(F)F. The number of hydrogen-bond donors (Lipinski definition) is 1. The van der Waals surface area contributed by atoms with Crippen LogP contribution >= 0.6 is 0 Å². The maximum atomic E-state index is 13.0. The number of carbonyl (C=O) groups is 1. The Bertz CT molecular complexity index is 578. The summed E-state index contributed by atoms with van der Waals surface area (Å²) < 4.78 is 40.8. The number of alkyl halides is 3. The molecule has 1 amide bonds. The van der Waals surface area contributed by atoms with Gasteiger partial charge in [0.25, 0.3) is 0 Å². The van der Waals surface area contributed by atoms with Crippen LogP contribution in [0.4, 0.5) is 13.2 Å². The third kappa shape index (κ3) is 4.46. The lowest BCUT2D eigenvalue weighted by molar-refractivity contribution is -0.196. The molecule has 6 nitrogen and oxygen atoms in total. The summed E-state index contributed by atoms with van der Waals surface area (Å²) in [5, 5.41) is 11.3. The van der Waals surface area contributed by atoms with Crippen LogP contribution in [0.15, 0.2) is 6.20 Å². The average molecular weight is 347 g/mol. The monoisotopic (exact) mass is 347 g/mol. The van der Waals surface area contributed by atoms with Crippen LogP contribution in [-0.2, 0) is 16.9 Å². The summed E-state index contributed by atoms with van der Waals surface area (Å²) >= 11 is 0. The number of nitrogens with zero attached hydrogens (tertiary/aromatic N) is 4. The lowest BCUT2D eigenvalue weighted by atomic mass is 9.97. The van der Waals surface area contributed by atoms with Crippen LogP contribution in [-0.4, -0.2) is 50.6 Å². The van der Waals surface area contributed by atoms with E-state index in [0.717, 1.165) is 10.6 Å². The van der Waals surface area contributed by atoms with Crippen molar-refractivity contribution in [2.24, 2.45) is 0 Å². The molecule has 1 aliphatic rings. The zero-order valence-corrected chi connectivity index (χ0v) is 14.4. The molecule has 1 aromatic rings. The molecule has 1 fully saturated rings. The van der Waals surface area contributed by atoms with Gasteiger partial charge in [0.15, 0.2) is 0 Å². The highest BCUT2D eigenvalue weighted by molar-refractivity contribution is 5.73. The smallest absolute Gasteiger partial charge is 0.329 e. The van der Waals surface area contributed by atoms with Gasteiger partial charge in [0.2, 0.25) is 5.91 Å². The lowest BCUT2D eigenvalue weighted by Gasteiger charge is -2.40. The van der Waals surface area contributed by atoms with Crippen molar-refractivity contribution in [2.75, 3.05) is 6.54 Å². The Balaban J connectivity index is 1.95. The van der Waals surface area contributed by atoms with Crippen molar-refractivity contribution in [1.82, 2.24) is 25.2 Å². The van der Waals surface area contributed by atoms with Gasteiger partial charge in [0, 0.05) is 26.1 Å². The number of likely N-dealkylation sites (tertiary alicyclic amines) is 1. The van der Waals surface area contributed by atoms with Crippen molar-refractivity contribution in [2.45, 2.75) is 70.9 Å². The average Bonchev–Trinajstić information content (AvgIpc) is 2.92. The van der Waals surface area contributed by atoms with E-state index in [4.69, 9.17) is 0 Å². The van der Waals surface area contributed by atoms with Gasteiger partial charge in [-0.2, -0.15) is 13.2 Å². The number of piperidine rings is 1. The summed E-state index contributed by atoms with van der Waals surface area (Å²) in [6, 6.07) is -1.87. The Morgan fingerprint density at radius 1 is 1.33 bits per heavy atom. The zero-order valence-electron chi connectivity index (χ0n) is 14.4. The summed E-state index contributed by atoms with van der Waals surface area (Å²) in [5.74, 6) is -0.553. The maximum absolute atomic E-state index is 13.0. The molecule has 136 valence electrons. The molecule has 1 aliphatic heterocycles. The number of carbonyl (C=O) groups excluding carboxylic acids is 1. The molecule has 2 heterocycles. The van der Waals surface area contributed by atoms with Crippen LogP contribution in [0.5, 0.6) is 0 Å². The number of rotatable bonds is 3. The Morgan fingerprint density at radius 3 is 2.50 bits per heavy atom. The van der Waals surface area contributed by atoms with E-state index in [1.54, 1.807) is 4.68 Å². The van der Waals surface area contributed by atoms with Gasteiger partial charge in [-0.15, -0.1) is 5.10 Å². The fourth-order valence-electron chi connectivity index (χ4n) is 2.78. The van der Waals surface area contributed by atoms with Gasteiger partial charge >= 0.3 is 6.18 Å². The highest BCUT2D eigenvalue weighted by atomic mass is 19.4. The van der Waals surface area contributed by atoms with Crippen LogP contribution in [0.2, 0.25) is 0 Å². The zero-order chi connectivity index (χ0) is 18.1. The number of aromatic nitrogens is 3. The Morgan fingerprint density at radius 2 is 2.00 bits per heavy atom. The second kappa shape index (κ2) is 6.70. The third-order valence-electron chi connectivity index (χ3n) is 4.16. The van der Waals surface area contributed by atoms with E-state index in [0.29, 0.717) is 13.0 Å². The van der Waals surface area contributed by atoms with Gasteiger partial charge in [-0.05, 0) is 33.6 Å². The summed E-state index contributed by atoms with van der Waals surface area (Å²) in [5.41, 5.74) is 0.541. The molecular formula is C15H24F3N5O. The van der Waals surface area contributed by atoms with E-state index in [1.165, 1.54) is 6.92 Å². The standard InChI is InChI=1S/C15H24F3N5O/c1-10(24)22-8-11(5-6-13(22)15(16,17)18)19-7-12-9-23(21-20-12)14(2,3)4/h9,11,13,19H,5-8H2,1-4H3. The first-order valence-electron chi connectivity index (χ1n) is 7.97. The molecule has 2 rings (SSSR count). The van der Waals surface area contributed by atoms with Crippen LogP contribution in [0.3, 0.4) is 0 Å². The molecule has 2 atom stereocenters. The van der Waals surface area contributed by atoms with E-state index in [1.807, 2.05) is 27.0 Å². The molecule has 9 heteroatoms. The largest absolute Gasteiger partial charge is 0.408 e. The topological polar surface area (TPSA) is 63.1 Å². The van der Waals surface area contributed by atoms with Gasteiger partial charge in [0.05, 0.1) is 17.4 Å². The summed E-state index contributed by atoms with van der Waals surface area (Å²) in [6.07, 6.45) is -2.29. The fourth-order valence-corrected chi connectivity index (χ4v) is 2.78. The number of hydrogen-bond acceptors (Lipinski definition) is 4. The van der Waals surface area contributed by atoms with Crippen LogP contribution in [0.25, 0.3) is 0 Å². The number of halogens is 3. The minimum absolute atomic E-state index is 0.0485. The highest BCUT2D eigenvalue weighted by Gasteiger charge is 2.47. The van der Waals surface area contributed by atoms with E-state index in [-0.39, 0.29) is 24.5 Å². The molecule has 0 aliphatic carbocycles. The minimum atomic E-state index is -4.38. The highest BCUT2D eigenvalue weighted by Crippen LogP contribution is 2.32. The summed E-state index contributed by atoms with van der Waals surface area (Å²) in [6.45, 7) is 7.64. The third-order valence-corrected chi connectivity index (χ3v) is 4.16. The van der Waals surface area contributed by atoms with Gasteiger partial charge in [0.1, 0.15) is 6.04 Å². The van der Waals surface area contributed by atoms with Gasteiger partial charge in [-0.1, -0.05) is 5.21 Å². The predicted octanol–water partition coefficient (Wildman–Crippen LogP) is 2.06. The second-order valence-electron chi connectivity index (χ2n) is 7.21. The molecule has 24 heavy (non-hydrogen) atoms. The maximum Gasteiger partial charge on any atom is 0.408 e. The molecule has 0 bridgehead atoms. The summed E-state index contributed by atoms with van der Waals surface area (Å²) in [4.78, 5) is 12.5. The van der Waals surface area contributed by atoms with Gasteiger partial charge < -0.3 is 10.2 Å². The molecule has 0 spiro atoms. The lowest BCUT2D eigenvalue weighted by Crippen LogP contribution is -2.57. The molecule has 0 saturated carbocycles. The Hall–Kier alpha value is -1.64. The molecule has 0 radical (unpaired) electrons. The van der Waals surface area contributed by atoms with Crippen molar-refractivity contribution >= 4 is 5.91 Å². The van der Waals surface area contributed by atoms with Crippen molar-refractivity contribution in [3.05, 3.63) is 11.9 Å². The van der Waals surface area contributed by atoms with E-state index in [9.17, 15) is 18.0 Å². The van der Waals surface area contributed by atoms with Gasteiger partial charge in [-0.3, -0.25) is 4.79 Å². The first-order valence-corrected chi connectivity index (χ1v) is 7.97. The van der Waals surface area contributed by atoms with Crippen molar-refractivity contribution in [3.63, 3.8) is 0 Å². The molecule has 2 unspecified atom stereocenters. The fraction of sp³-hybridized carbons (Fsp3) is 0.800. The van der Waals surface area contributed by atoms with E-state index in [2.05, 4.69) is 15.6 Å². The molecule has 1 saturated heterocycles. The summed E-state index contributed by atoms with van der Waals surface area (Å²) in [7, 11) is 0. The van der Waals surface area contributed by atoms with Gasteiger partial charge in [-0.25, -0.2) is 4.68 Å². The predicted molar refractivity (Wildman–Crippen MR) is 82.1 cm³/mol. The van der Waals surface area contributed by atoms with Crippen LogP contribution in [0, 0.1) is 0 Å². The van der Waals surface area contributed by atoms with E-state index >= 15 is 0 Å². The molecule has 1 aromatic heterocycles. The Labute approximate surface area is 139 Å². The molecule has 1 N–H and O–H groups in total. The normalized spacial score (nSPS) is 22.7. The van der Waals surface area contributed by atoms with Crippen molar-refractivity contribution < 1.29 is 18.0 Å². The molecule has 0 aromatic carbocycles. The number of nitrogens with one attached hydrogen (secondary N) is 1. The first kappa shape index (κ1) is 18.7. The first-order chi connectivity index (χ1) is 11.0. The van der Waals surface area contributed by atoms with E-state index < -0.39 is 18.1 Å².